The molecule has 0 saturated heterocycles. The van der Waals surface area contributed by atoms with Gasteiger partial charge in [0, 0.05) is 17.0 Å². The first-order valence-corrected chi connectivity index (χ1v) is 9.03. The van der Waals surface area contributed by atoms with E-state index in [0.29, 0.717) is 0 Å². The molecule has 0 N–H and O–H groups in total. The van der Waals surface area contributed by atoms with E-state index < -0.39 is 0 Å². The smallest absolute Gasteiger partial charge is 0.201 e. The maximum atomic E-state index is 2.37. The second kappa shape index (κ2) is 5.29. The third kappa shape index (κ3) is 2.26. The van der Waals surface area contributed by atoms with Crippen LogP contribution in [0.4, 0.5) is 0 Å². The van der Waals surface area contributed by atoms with Crippen molar-refractivity contribution in [1.82, 2.24) is 0 Å². The highest BCUT2D eigenvalue weighted by Gasteiger charge is 2.39. The van der Waals surface area contributed by atoms with Crippen molar-refractivity contribution < 1.29 is 4.57 Å². The third-order valence-corrected chi connectivity index (χ3v) is 5.71. The number of aromatic nitrogens is 1. The Labute approximate surface area is 151 Å². The zero-order valence-electron chi connectivity index (χ0n) is 16.1. The summed E-state index contributed by atoms with van der Waals surface area (Å²) < 4.78 is 2.27. The first-order chi connectivity index (χ1) is 11.8. The van der Waals surface area contributed by atoms with Gasteiger partial charge in [0.2, 0.25) is 5.69 Å². The standard InChI is InChI=1S/C24H26N/c1-15-7-10-18-19-11-9-17(3)22(21-12-8-16(2)14-25(21)6)23(19)24(4,5)20(18)13-15/h7-14H,1-6H3/q+1. The van der Waals surface area contributed by atoms with Gasteiger partial charge >= 0.3 is 0 Å². The fourth-order valence-electron chi connectivity index (χ4n) is 4.46. The lowest BCUT2D eigenvalue weighted by Gasteiger charge is -2.25. The molecule has 1 aliphatic rings. The average molecular weight is 328 g/mol. The summed E-state index contributed by atoms with van der Waals surface area (Å²) in [4.78, 5) is 0. The van der Waals surface area contributed by atoms with Gasteiger partial charge in [-0.3, -0.25) is 0 Å². The number of fused-ring (bicyclic) bond motifs is 3. The fourth-order valence-corrected chi connectivity index (χ4v) is 4.46. The van der Waals surface area contributed by atoms with Crippen LogP contribution in [0.3, 0.4) is 0 Å². The Morgan fingerprint density at radius 1 is 0.800 bits per heavy atom. The van der Waals surface area contributed by atoms with E-state index in [1.807, 2.05) is 0 Å². The van der Waals surface area contributed by atoms with Gasteiger partial charge in [-0.25, -0.2) is 4.57 Å². The highest BCUT2D eigenvalue weighted by Crippen LogP contribution is 2.52. The summed E-state index contributed by atoms with van der Waals surface area (Å²) in [6.45, 7) is 11.3. The van der Waals surface area contributed by atoms with Crippen molar-refractivity contribution in [1.29, 1.82) is 0 Å². The Morgan fingerprint density at radius 3 is 2.20 bits per heavy atom. The largest absolute Gasteiger partial charge is 0.212 e. The Morgan fingerprint density at radius 2 is 1.48 bits per heavy atom. The van der Waals surface area contributed by atoms with Crippen LogP contribution in [0.25, 0.3) is 22.4 Å². The van der Waals surface area contributed by atoms with Crippen molar-refractivity contribution in [2.24, 2.45) is 7.05 Å². The summed E-state index contributed by atoms with van der Waals surface area (Å²) in [6.07, 6.45) is 2.22. The number of hydrogen-bond acceptors (Lipinski definition) is 0. The van der Waals surface area contributed by atoms with Crippen molar-refractivity contribution >= 4 is 0 Å². The molecule has 1 nitrogen and oxygen atoms in total. The first kappa shape index (κ1) is 16.1. The van der Waals surface area contributed by atoms with Crippen LogP contribution in [-0.4, -0.2) is 0 Å². The summed E-state index contributed by atoms with van der Waals surface area (Å²) >= 11 is 0. The first-order valence-electron chi connectivity index (χ1n) is 9.03. The van der Waals surface area contributed by atoms with E-state index in [0.717, 1.165) is 0 Å². The molecule has 2 aromatic carbocycles. The van der Waals surface area contributed by atoms with Gasteiger partial charge in [0.15, 0.2) is 6.20 Å². The molecule has 3 aromatic rings. The van der Waals surface area contributed by atoms with Crippen LogP contribution >= 0.6 is 0 Å². The lowest BCUT2D eigenvalue weighted by atomic mass is 9.78. The van der Waals surface area contributed by atoms with Gasteiger partial charge in [0.1, 0.15) is 7.05 Å². The van der Waals surface area contributed by atoms with Gasteiger partial charge in [-0.05, 0) is 54.7 Å². The van der Waals surface area contributed by atoms with E-state index in [2.05, 4.69) is 94.9 Å². The van der Waals surface area contributed by atoms with Gasteiger partial charge in [0.25, 0.3) is 0 Å². The minimum Gasteiger partial charge on any atom is -0.201 e. The highest BCUT2D eigenvalue weighted by atomic mass is 14.9. The van der Waals surface area contributed by atoms with E-state index in [-0.39, 0.29) is 5.41 Å². The van der Waals surface area contributed by atoms with E-state index in [4.69, 9.17) is 0 Å². The Kier molecular flexibility index (Phi) is 3.40. The summed E-state index contributed by atoms with van der Waals surface area (Å²) in [5.74, 6) is 0. The van der Waals surface area contributed by atoms with Crippen LogP contribution in [-0.2, 0) is 12.5 Å². The predicted octanol–water partition coefficient (Wildman–Crippen LogP) is 5.41. The van der Waals surface area contributed by atoms with Crippen LogP contribution < -0.4 is 4.57 Å². The molecular formula is C24H26N+. The molecule has 1 aliphatic carbocycles. The predicted molar refractivity (Wildman–Crippen MR) is 105 cm³/mol. The van der Waals surface area contributed by atoms with Crippen LogP contribution in [0.1, 0.15) is 41.7 Å². The molecule has 0 bridgehead atoms. The molecule has 0 saturated carbocycles. The van der Waals surface area contributed by atoms with Crippen molar-refractivity contribution in [3.63, 3.8) is 0 Å². The number of benzene rings is 2. The Bertz CT molecular complexity index is 1010. The number of pyridine rings is 1. The molecule has 126 valence electrons. The maximum absolute atomic E-state index is 2.37. The molecule has 0 aliphatic heterocycles. The molecule has 1 aromatic heterocycles. The van der Waals surface area contributed by atoms with Gasteiger partial charge in [-0.2, -0.15) is 0 Å². The average Bonchev–Trinajstić information content (AvgIpc) is 2.76. The molecule has 0 amide bonds. The van der Waals surface area contributed by atoms with Crippen molar-refractivity contribution in [3.05, 3.63) is 76.5 Å². The molecule has 0 atom stereocenters. The Balaban J connectivity index is 2.09. The molecule has 0 unspecified atom stereocenters. The lowest BCUT2D eigenvalue weighted by Crippen LogP contribution is -2.32. The van der Waals surface area contributed by atoms with Crippen molar-refractivity contribution in [3.8, 4) is 22.4 Å². The fraction of sp³-hybridized carbons (Fsp3) is 0.292. The van der Waals surface area contributed by atoms with Crippen molar-refractivity contribution in [2.45, 2.75) is 40.0 Å². The van der Waals surface area contributed by atoms with Gasteiger partial charge in [-0.15, -0.1) is 0 Å². The van der Waals surface area contributed by atoms with E-state index in [1.54, 1.807) is 0 Å². The number of rotatable bonds is 1. The monoisotopic (exact) mass is 328 g/mol. The minimum absolute atomic E-state index is 0.00985. The molecule has 25 heavy (non-hydrogen) atoms. The number of hydrogen-bond donors (Lipinski definition) is 0. The Hall–Kier alpha value is -2.41. The number of nitrogens with zero attached hydrogens (tertiary/aromatic N) is 1. The van der Waals surface area contributed by atoms with Crippen LogP contribution in [0.5, 0.6) is 0 Å². The van der Waals surface area contributed by atoms with E-state index in [9.17, 15) is 0 Å². The lowest BCUT2D eigenvalue weighted by molar-refractivity contribution is -0.660. The molecule has 0 radical (unpaired) electrons. The zero-order valence-corrected chi connectivity index (χ0v) is 16.1. The third-order valence-electron chi connectivity index (χ3n) is 5.71. The molecule has 4 rings (SSSR count). The zero-order chi connectivity index (χ0) is 17.9. The molecule has 0 spiro atoms. The molecule has 1 heterocycles. The second-order valence-corrected chi connectivity index (χ2v) is 8.06. The second-order valence-electron chi connectivity index (χ2n) is 8.06. The molecular weight excluding hydrogens is 302 g/mol. The summed E-state index contributed by atoms with van der Waals surface area (Å²) in [5.41, 5.74) is 12.3. The maximum Gasteiger partial charge on any atom is 0.212 e. The van der Waals surface area contributed by atoms with Gasteiger partial charge in [0.05, 0.1) is 5.56 Å². The quantitative estimate of drug-likeness (QED) is 0.526. The topological polar surface area (TPSA) is 3.88 Å². The number of aryl methyl sites for hydroxylation is 4. The molecule has 0 fully saturated rings. The van der Waals surface area contributed by atoms with Crippen LogP contribution in [0.15, 0.2) is 48.7 Å². The van der Waals surface area contributed by atoms with Crippen LogP contribution in [0, 0.1) is 20.8 Å². The summed E-state index contributed by atoms with van der Waals surface area (Å²) in [7, 11) is 2.15. The van der Waals surface area contributed by atoms with Crippen molar-refractivity contribution in [2.75, 3.05) is 0 Å². The normalized spacial score (nSPS) is 14.3. The highest BCUT2D eigenvalue weighted by molar-refractivity contribution is 5.88. The van der Waals surface area contributed by atoms with Gasteiger partial charge in [-0.1, -0.05) is 49.7 Å². The molecule has 1 heteroatoms. The summed E-state index contributed by atoms with van der Waals surface area (Å²) in [6, 6.07) is 16.0. The van der Waals surface area contributed by atoms with E-state index >= 15 is 0 Å². The van der Waals surface area contributed by atoms with Gasteiger partial charge < -0.3 is 0 Å². The van der Waals surface area contributed by atoms with E-state index in [1.165, 1.54) is 50.2 Å². The van der Waals surface area contributed by atoms with Crippen LogP contribution in [0.2, 0.25) is 0 Å². The summed E-state index contributed by atoms with van der Waals surface area (Å²) in [5, 5.41) is 0. The minimum atomic E-state index is 0.00985. The SMILES string of the molecule is Cc1ccc2c(c1)C(C)(C)c1c-2ccc(C)c1-c1ccc(C)c[n+]1C.